The molecule has 1 N–H and O–H groups in total. The first kappa shape index (κ1) is 15.9. The van der Waals surface area contributed by atoms with Crippen molar-refractivity contribution in [2.45, 2.75) is 32.4 Å². The standard InChI is InChI=1S/C16H23FN2O2/c1-3-19-8-6-13(7-9-19)18(2)11-12-4-5-14(16(20)21)15(17)10-12/h4-5,10,13H,3,6-9,11H2,1-2H3,(H,20,21). The zero-order valence-electron chi connectivity index (χ0n) is 12.7. The summed E-state index contributed by atoms with van der Waals surface area (Å²) in [5.41, 5.74) is 0.551. The molecule has 0 aliphatic carbocycles. The van der Waals surface area contributed by atoms with Crippen LogP contribution < -0.4 is 0 Å². The summed E-state index contributed by atoms with van der Waals surface area (Å²) >= 11 is 0. The van der Waals surface area contributed by atoms with Gasteiger partial charge in [-0.2, -0.15) is 0 Å². The van der Waals surface area contributed by atoms with Crippen molar-refractivity contribution in [3.63, 3.8) is 0 Å². The fourth-order valence-corrected chi connectivity index (χ4v) is 2.92. The normalized spacial score (nSPS) is 17.3. The molecule has 2 rings (SSSR count). The lowest BCUT2D eigenvalue weighted by Gasteiger charge is -2.36. The number of piperidine rings is 1. The fourth-order valence-electron chi connectivity index (χ4n) is 2.92. The monoisotopic (exact) mass is 294 g/mol. The van der Waals surface area contributed by atoms with Crippen LogP contribution in [0.25, 0.3) is 0 Å². The first-order valence-electron chi connectivity index (χ1n) is 7.45. The quantitative estimate of drug-likeness (QED) is 0.906. The van der Waals surface area contributed by atoms with Crippen molar-refractivity contribution in [3.05, 3.63) is 35.1 Å². The summed E-state index contributed by atoms with van der Waals surface area (Å²) < 4.78 is 13.7. The minimum Gasteiger partial charge on any atom is -0.478 e. The lowest BCUT2D eigenvalue weighted by molar-refractivity contribution is 0.0692. The SMILES string of the molecule is CCN1CCC(N(C)Cc2ccc(C(=O)O)c(F)c2)CC1. The van der Waals surface area contributed by atoms with Gasteiger partial charge in [-0.05, 0) is 57.2 Å². The molecule has 21 heavy (non-hydrogen) atoms. The van der Waals surface area contributed by atoms with Crippen molar-refractivity contribution in [2.24, 2.45) is 0 Å². The van der Waals surface area contributed by atoms with Crippen LogP contribution in [-0.2, 0) is 6.54 Å². The fraction of sp³-hybridized carbons (Fsp3) is 0.562. The minimum absolute atomic E-state index is 0.266. The third-order valence-electron chi connectivity index (χ3n) is 4.32. The Kier molecular flexibility index (Phi) is 5.31. The smallest absolute Gasteiger partial charge is 0.338 e. The predicted octanol–water partition coefficient (Wildman–Crippen LogP) is 2.44. The molecule has 116 valence electrons. The van der Waals surface area contributed by atoms with Crippen molar-refractivity contribution in [2.75, 3.05) is 26.7 Å². The number of carboxylic acids is 1. The molecule has 1 aliphatic rings. The highest BCUT2D eigenvalue weighted by atomic mass is 19.1. The summed E-state index contributed by atoms with van der Waals surface area (Å²) in [6, 6.07) is 4.89. The molecule has 0 saturated carbocycles. The highest BCUT2D eigenvalue weighted by molar-refractivity contribution is 5.87. The second-order valence-electron chi connectivity index (χ2n) is 5.70. The maximum atomic E-state index is 13.7. The number of aromatic carboxylic acids is 1. The number of carboxylic acid groups (broad SMARTS) is 1. The van der Waals surface area contributed by atoms with Crippen molar-refractivity contribution in [3.8, 4) is 0 Å². The molecule has 0 bridgehead atoms. The maximum absolute atomic E-state index is 13.7. The lowest BCUT2D eigenvalue weighted by Crippen LogP contribution is -2.42. The summed E-state index contributed by atoms with van der Waals surface area (Å²) in [7, 11) is 2.05. The van der Waals surface area contributed by atoms with Crippen LogP contribution in [0.1, 0.15) is 35.7 Å². The van der Waals surface area contributed by atoms with Gasteiger partial charge < -0.3 is 10.0 Å². The molecule has 1 aromatic carbocycles. The Morgan fingerprint density at radius 3 is 2.62 bits per heavy atom. The summed E-state index contributed by atoms with van der Waals surface area (Å²) in [4.78, 5) is 15.5. The van der Waals surface area contributed by atoms with Crippen LogP contribution >= 0.6 is 0 Å². The molecule has 0 unspecified atom stereocenters. The van der Waals surface area contributed by atoms with Crippen LogP contribution in [-0.4, -0.2) is 53.6 Å². The van der Waals surface area contributed by atoms with E-state index < -0.39 is 11.8 Å². The molecular formula is C16H23FN2O2. The Morgan fingerprint density at radius 1 is 1.43 bits per heavy atom. The molecule has 1 saturated heterocycles. The van der Waals surface area contributed by atoms with E-state index in [1.165, 1.54) is 12.1 Å². The zero-order chi connectivity index (χ0) is 15.4. The molecular weight excluding hydrogens is 271 g/mol. The summed E-state index contributed by atoms with van der Waals surface area (Å²) in [5, 5.41) is 8.84. The molecule has 1 aliphatic heterocycles. The molecule has 0 spiro atoms. The highest BCUT2D eigenvalue weighted by Gasteiger charge is 2.22. The zero-order valence-corrected chi connectivity index (χ0v) is 12.7. The van der Waals surface area contributed by atoms with Gasteiger partial charge in [0, 0.05) is 12.6 Å². The van der Waals surface area contributed by atoms with Gasteiger partial charge in [0.05, 0.1) is 5.56 Å². The van der Waals surface area contributed by atoms with E-state index in [2.05, 4.69) is 23.8 Å². The predicted molar refractivity (Wildman–Crippen MR) is 80.0 cm³/mol. The summed E-state index contributed by atoms with van der Waals surface area (Å²) in [6.07, 6.45) is 2.25. The van der Waals surface area contributed by atoms with Crippen LogP contribution in [0.15, 0.2) is 18.2 Å². The number of halogens is 1. The molecule has 1 fully saturated rings. The summed E-state index contributed by atoms with van der Waals surface area (Å²) in [5.74, 6) is -1.88. The number of benzene rings is 1. The largest absolute Gasteiger partial charge is 0.478 e. The third-order valence-corrected chi connectivity index (χ3v) is 4.32. The van der Waals surface area contributed by atoms with E-state index in [1.54, 1.807) is 6.07 Å². The molecule has 1 heterocycles. The van der Waals surface area contributed by atoms with Crippen molar-refractivity contribution >= 4 is 5.97 Å². The molecule has 0 aromatic heterocycles. The van der Waals surface area contributed by atoms with E-state index in [4.69, 9.17) is 5.11 Å². The first-order chi connectivity index (χ1) is 10.0. The van der Waals surface area contributed by atoms with E-state index in [9.17, 15) is 9.18 Å². The number of carbonyl (C=O) groups is 1. The first-order valence-corrected chi connectivity index (χ1v) is 7.45. The van der Waals surface area contributed by atoms with E-state index in [-0.39, 0.29) is 5.56 Å². The Bertz CT molecular complexity index is 499. The molecule has 4 nitrogen and oxygen atoms in total. The van der Waals surface area contributed by atoms with E-state index >= 15 is 0 Å². The van der Waals surface area contributed by atoms with Gasteiger partial charge >= 0.3 is 5.97 Å². The lowest BCUT2D eigenvalue weighted by atomic mass is 10.0. The average Bonchev–Trinajstić information content (AvgIpc) is 2.47. The van der Waals surface area contributed by atoms with Crippen LogP contribution in [0.2, 0.25) is 0 Å². The van der Waals surface area contributed by atoms with Gasteiger partial charge in [-0.15, -0.1) is 0 Å². The van der Waals surface area contributed by atoms with E-state index in [1.807, 2.05) is 0 Å². The number of likely N-dealkylation sites (tertiary alicyclic amines) is 1. The van der Waals surface area contributed by atoms with Gasteiger partial charge in [0.1, 0.15) is 5.82 Å². The van der Waals surface area contributed by atoms with E-state index in [0.717, 1.165) is 38.0 Å². The van der Waals surface area contributed by atoms with Gasteiger partial charge in [-0.1, -0.05) is 13.0 Å². The molecule has 0 atom stereocenters. The number of nitrogens with zero attached hydrogens (tertiary/aromatic N) is 2. The Hall–Kier alpha value is -1.46. The summed E-state index contributed by atoms with van der Waals surface area (Å²) in [6.45, 7) is 6.14. The minimum atomic E-state index is -1.22. The number of rotatable bonds is 5. The van der Waals surface area contributed by atoms with Crippen molar-refractivity contribution in [1.82, 2.24) is 9.80 Å². The number of hydrogen-bond acceptors (Lipinski definition) is 3. The van der Waals surface area contributed by atoms with E-state index in [0.29, 0.717) is 12.6 Å². The Labute approximate surface area is 125 Å². The van der Waals surface area contributed by atoms with Crippen molar-refractivity contribution < 1.29 is 14.3 Å². The van der Waals surface area contributed by atoms with Crippen LogP contribution in [0.4, 0.5) is 4.39 Å². The highest BCUT2D eigenvalue weighted by Crippen LogP contribution is 2.18. The Balaban J connectivity index is 1.95. The van der Waals surface area contributed by atoms with Gasteiger partial charge in [-0.25, -0.2) is 9.18 Å². The third kappa shape index (κ3) is 4.02. The van der Waals surface area contributed by atoms with Gasteiger partial charge in [-0.3, -0.25) is 4.90 Å². The molecule has 0 amide bonds. The van der Waals surface area contributed by atoms with Crippen LogP contribution in [0.3, 0.4) is 0 Å². The molecule has 0 radical (unpaired) electrons. The van der Waals surface area contributed by atoms with Gasteiger partial charge in [0.2, 0.25) is 0 Å². The van der Waals surface area contributed by atoms with Crippen LogP contribution in [0, 0.1) is 5.82 Å². The van der Waals surface area contributed by atoms with Crippen molar-refractivity contribution in [1.29, 1.82) is 0 Å². The van der Waals surface area contributed by atoms with Gasteiger partial charge in [0.25, 0.3) is 0 Å². The topological polar surface area (TPSA) is 43.8 Å². The second-order valence-corrected chi connectivity index (χ2v) is 5.70. The number of hydrogen-bond donors (Lipinski definition) is 1. The Morgan fingerprint density at radius 2 is 2.10 bits per heavy atom. The second kappa shape index (κ2) is 7.00. The molecule has 1 aromatic rings. The maximum Gasteiger partial charge on any atom is 0.338 e. The van der Waals surface area contributed by atoms with Gasteiger partial charge in [0.15, 0.2) is 0 Å². The molecule has 5 heteroatoms. The van der Waals surface area contributed by atoms with Crippen LogP contribution in [0.5, 0.6) is 0 Å². The average molecular weight is 294 g/mol.